The minimum atomic E-state index is -0.0680. The average molecular weight is 314 g/mol. The van der Waals surface area contributed by atoms with Crippen LogP contribution in [0.5, 0.6) is 5.75 Å². The van der Waals surface area contributed by atoms with E-state index >= 15 is 0 Å². The van der Waals surface area contributed by atoms with Gasteiger partial charge in [0, 0.05) is 31.7 Å². The molecular weight excluding hydrogens is 294 g/mol. The SMILES string of the molecule is COc1ccc(C(=O)N2CCN(C(=O)CN)CC2)cc1.Cl. The summed E-state index contributed by atoms with van der Waals surface area (Å²) in [6.07, 6.45) is 0. The fourth-order valence-corrected chi connectivity index (χ4v) is 2.20. The van der Waals surface area contributed by atoms with E-state index in [9.17, 15) is 9.59 Å². The van der Waals surface area contributed by atoms with Crippen LogP contribution < -0.4 is 10.5 Å². The highest BCUT2D eigenvalue weighted by molar-refractivity contribution is 5.94. The van der Waals surface area contributed by atoms with Gasteiger partial charge in [-0.25, -0.2) is 0 Å². The zero-order chi connectivity index (χ0) is 14.5. The number of nitrogens with zero attached hydrogens (tertiary/aromatic N) is 2. The predicted octanol–water partition coefficient (Wildman–Crippen LogP) is 0.360. The van der Waals surface area contributed by atoms with Gasteiger partial charge in [0.25, 0.3) is 5.91 Å². The van der Waals surface area contributed by atoms with E-state index < -0.39 is 0 Å². The molecule has 0 unspecified atom stereocenters. The molecule has 1 heterocycles. The fourth-order valence-electron chi connectivity index (χ4n) is 2.20. The Balaban J connectivity index is 0.00000220. The summed E-state index contributed by atoms with van der Waals surface area (Å²) in [5.74, 6) is 0.633. The lowest BCUT2D eigenvalue weighted by Crippen LogP contribution is -2.51. The Morgan fingerprint density at radius 3 is 2.10 bits per heavy atom. The van der Waals surface area contributed by atoms with Crippen LogP contribution in [0.1, 0.15) is 10.4 Å². The summed E-state index contributed by atoms with van der Waals surface area (Å²) in [6.45, 7) is 2.18. The van der Waals surface area contributed by atoms with Crippen LogP contribution in [0.3, 0.4) is 0 Å². The standard InChI is InChI=1S/C14H19N3O3.ClH/c1-20-12-4-2-11(3-5-12)14(19)17-8-6-16(7-9-17)13(18)10-15;/h2-5H,6-10,15H2,1H3;1H. The van der Waals surface area contributed by atoms with Gasteiger partial charge in [0.1, 0.15) is 5.75 Å². The maximum atomic E-state index is 12.3. The van der Waals surface area contributed by atoms with E-state index in [1.54, 1.807) is 41.2 Å². The second-order valence-corrected chi connectivity index (χ2v) is 4.61. The molecule has 7 heteroatoms. The first-order valence-electron chi connectivity index (χ1n) is 6.57. The van der Waals surface area contributed by atoms with Crippen molar-refractivity contribution in [3.63, 3.8) is 0 Å². The van der Waals surface area contributed by atoms with Gasteiger partial charge in [0.2, 0.25) is 5.91 Å². The van der Waals surface area contributed by atoms with E-state index in [2.05, 4.69) is 0 Å². The van der Waals surface area contributed by atoms with Crippen molar-refractivity contribution >= 4 is 24.2 Å². The molecule has 1 fully saturated rings. The molecule has 0 atom stereocenters. The number of nitrogens with two attached hydrogens (primary N) is 1. The van der Waals surface area contributed by atoms with E-state index in [-0.39, 0.29) is 30.8 Å². The lowest BCUT2D eigenvalue weighted by molar-refractivity contribution is -0.131. The third-order valence-electron chi connectivity index (χ3n) is 3.43. The van der Waals surface area contributed by atoms with E-state index in [1.165, 1.54) is 0 Å². The maximum absolute atomic E-state index is 12.3. The Labute approximate surface area is 130 Å². The van der Waals surface area contributed by atoms with Gasteiger partial charge in [-0.1, -0.05) is 0 Å². The first-order valence-corrected chi connectivity index (χ1v) is 6.57. The van der Waals surface area contributed by atoms with Crippen LogP contribution in [0.25, 0.3) is 0 Å². The van der Waals surface area contributed by atoms with Crippen molar-refractivity contribution in [3.8, 4) is 5.75 Å². The normalized spacial score (nSPS) is 14.4. The van der Waals surface area contributed by atoms with Gasteiger partial charge < -0.3 is 20.3 Å². The molecule has 2 N–H and O–H groups in total. The van der Waals surface area contributed by atoms with E-state index in [0.717, 1.165) is 5.75 Å². The van der Waals surface area contributed by atoms with Crippen LogP contribution in [-0.2, 0) is 4.79 Å². The zero-order valence-electron chi connectivity index (χ0n) is 11.9. The monoisotopic (exact) mass is 313 g/mol. The number of hydrogen-bond donors (Lipinski definition) is 1. The van der Waals surface area contributed by atoms with Crippen molar-refractivity contribution in [2.75, 3.05) is 39.8 Å². The number of carbonyl (C=O) groups excluding carboxylic acids is 2. The van der Waals surface area contributed by atoms with Crippen LogP contribution in [0.2, 0.25) is 0 Å². The molecule has 6 nitrogen and oxygen atoms in total. The molecule has 0 aliphatic carbocycles. The lowest BCUT2D eigenvalue weighted by Gasteiger charge is -2.34. The van der Waals surface area contributed by atoms with E-state index in [0.29, 0.717) is 31.7 Å². The molecule has 1 aromatic rings. The largest absolute Gasteiger partial charge is 0.497 e. The van der Waals surface area contributed by atoms with Crippen molar-refractivity contribution in [3.05, 3.63) is 29.8 Å². The van der Waals surface area contributed by atoms with Gasteiger partial charge in [-0.3, -0.25) is 9.59 Å². The summed E-state index contributed by atoms with van der Waals surface area (Å²) in [4.78, 5) is 27.2. The van der Waals surface area contributed by atoms with Gasteiger partial charge in [0.05, 0.1) is 13.7 Å². The minimum Gasteiger partial charge on any atom is -0.497 e. The van der Waals surface area contributed by atoms with E-state index in [4.69, 9.17) is 10.5 Å². The molecule has 1 aromatic carbocycles. The third-order valence-corrected chi connectivity index (χ3v) is 3.43. The summed E-state index contributed by atoms with van der Waals surface area (Å²) in [5, 5.41) is 0. The molecule has 21 heavy (non-hydrogen) atoms. The van der Waals surface area contributed by atoms with Gasteiger partial charge in [-0.2, -0.15) is 0 Å². The molecule has 1 aliphatic heterocycles. The van der Waals surface area contributed by atoms with Gasteiger partial charge in [-0.05, 0) is 24.3 Å². The number of rotatable bonds is 3. The Hall–Kier alpha value is -1.79. The number of piperazine rings is 1. The molecule has 0 spiro atoms. The smallest absolute Gasteiger partial charge is 0.253 e. The molecule has 0 radical (unpaired) electrons. The minimum absolute atomic E-state index is 0. The highest BCUT2D eigenvalue weighted by Gasteiger charge is 2.24. The Morgan fingerprint density at radius 2 is 1.62 bits per heavy atom. The average Bonchev–Trinajstić information content (AvgIpc) is 2.53. The molecule has 0 aromatic heterocycles. The summed E-state index contributed by atoms with van der Waals surface area (Å²) >= 11 is 0. The molecule has 0 bridgehead atoms. The number of amides is 2. The number of halogens is 1. The summed E-state index contributed by atoms with van der Waals surface area (Å²) in [7, 11) is 1.59. The fraction of sp³-hybridized carbons (Fsp3) is 0.429. The second-order valence-electron chi connectivity index (χ2n) is 4.61. The van der Waals surface area contributed by atoms with Crippen LogP contribution >= 0.6 is 12.4 Å². The molecule has 0 saturated carbocycles. The number of carbonyl (C=O) groups is 2. The molecule has 1 saturated heterocycles. The molecule has 2 rings (SSSR count). The quantitative estimate of drug-likeness (QED) is 0.874. The predicted molar refractivity (Wildman–Crippen MR) is 81.8 cm³/mol. The summed E-state index contributed by atoms with van der Waals surface area (Å²) < 4.78 is 5.07. The molecule has 116 valence electrons. The lowest BCUT2D eigenvalue weighted by atomic mass is 10.1. The molecular formula is C14H20ClN3O3. The topological polar surface area (TPSA) is 75.9 Å². The maximum Gasteiger partial charge on any atom is 0.253 e. The van der Waals surface area contributed by atoms with Gasteiger partial charge in [-0.15, -0.1) is 12.4 Å². The number of benzene rings is 1. The zero-order valence-corrected chi connectivity index (χ0v) is 12.8. The second kappa shape index (κ2) is 7.85. The first-order chi connectivity index (χ1) is 9.65. The van der Waals surface area contributed by atoms with Crippen molar-refractivity contribution in [2.24, 2.45) is 5.73 Å². The third kappa shape index (κ3) is 4.09. The summed E-state index contributed by atoms with van der Waals surface area (Å²) in [5.41, 5.74) is 5.96. The molecule has 1 aliphatic rings. The highest BCUT2D eigenvalue weighted by atomic mass is 35.5. The Morgan fingerprint density at radius 1 is 1.10 bits per heavy atom. The highest BCUT2D eigenvalue weighted by Crippen LogP contribution is 2.14. The van der Waals surface area contributed by atoms with Crippen molar-refractivity contribution in [2.45, 2.75) is 0 Å². The number of ether oxygens (including phenoxy) is 1. The van der Waals surface area contributed by atoms with Crippen molar-refractivity contribution < 1.29 is 14.3 Å². The Bertz CT molecular complexity index is 485. The van der Waals surface area contributed by atoms with Gasteiger partial charge in [0.15, 0.2) is 0 Å². The summed E-state index contributed by atoms with van der Waals surface area (Å²) in [6, 6.07) is 7.03. The van der Waals surface area contributed by atoms with Crippen molar-refractivity contribution in [1.82, 2.24) is 9.80 Å². The van der Waals surface area contributed by atoms with E-state index in [1.807, 2.05) is 0 Å². The number of hydrogen-bond acceptors (Lipinski definition) is 4. The van der Waals surface area contributed by atoms with Crippen LogP contribution in [0, 0.1) is 0 Å². The number of methoxy groups -OCH3 is 1. The Kier molecular flexibility index (Phi) is 6.45. The van der Waals surface area contributed by atoms with Crippen LogP contribution in [0.4, 0.5) is 0 Å². The van der Waals surface area contributed by atoms with Crippen LogP contribution in [-0.4, -0.2) is 61.4 Å². The van der Waals surface area contributed by atoms with Crippen molar-refractivity contribution in [1.29, 1.82) is 0 Å². The molecule has 2 amide bonds. The first kappa shape index (κ1) is 17.3. The van der Waals surface area contributed by atoms with Gasteiger partial charge >= 0.3 is 0 Å². The van der Waals surface area contributed by atoms with Crippen LogP contribution in [0.15, 0.2) is 24.3 Å².